The summed E-state index contributed by atoms with van der Waals surface area (Å²) in [6, 6.07) is 13.8. The van der Waals surface area contributed by atoms with Gasteiger partial charge in [-0.3, -0.25) is 10.4 Å². The molecule has 1 aliphatic rings. The Morgan fingerprint density at radius 2 is 1.50 bits per heavy atom. The molecule has 2 aromatic carbocycles. The third-order valence-electron chi connectivity index (χ3n) is 8.14. The molecule has 0 atom stereocenters. The number of nitrogens with one attached hydrogen (secondary N) is 1. The third-order valence-corrected chi connectivity index (χ3v) is 8.14. The van der Waals surface area contributed by atoms with Gasteiger partial charge in [0.05, 0.1) is 17.1 Å². The summed E-state index contributed by atoms with van der Waals surface area (Å²) in [5, 5.41) is 2.26. The van der Waals surface area contributed by atoms with Crippen LogP contribution in [0.2, 0.25) is 0 Å². The predicted molar refractivity (Wildman–Crippen MR) is 181 cm³/mol. The number of benzene rings is 2. The molecule has 0 fully saturated rings. The molecule has 0 amide bonds. The molecule has 0 saturated heterocycles. The van der Waals surface area contributed by atoms with E-state index in [0.29, 0.717) is 11.8 Å². The number of anilines is 1. The van der Waals surface area contributed by atoms with Crippen LogP contribution in [0.1, 0.15) is 143 Å². The van der Waals surface area contributed by atoms with E-state index in [2.05, 4.69) is 136 Å². The van der Waals surface area contributed by atoms with Gasteiger partial charge in [-0.15, -0.1) is 0 Å². The van der Waals surface area contributed by atoms with Crippen LogP contribution in [0.4, 0.5) is 5.69 Å². The molecule has 40 heavy (non-hydrogen) atoms. The molecular weight excluding hydrogens is 484 g/mol. The van der Waals surface area contributed by atoms with E-state index in [1.54, 1.807) is 0 Å². The Morgan fingerprint density at radius 3 is 1.95 bits per heavy atom. The molecule has 0 unspecified atom stereocenters. The third kappa shape index (κ3) is 7.12. The van der Waals surface area contributed by atoms with Crippen LogP contribution in [0.5, 0.6) is 0 Å². The van der Waals surface area contributed by atoms with E-state index in [4.69, 9.17) is 6.58 Å². The lowest BCUT2D eigenvalue weighted by Crippen LogP contribution is -2.42. The molecule has 1 aliphatic heterocycles. The number of hydrazine groups is 1. The zero-order valence-electron chi connectivity index (χ0n) is 28.3. The number of hydrogen-bond acceptors (Lipinski definition) is 2. The summed E-state index contributed by atoms with van der Waals surface area (Å²) in [7, 11) is 0. The van der Waals surface area contributed by atoms with Crippen LogP contribution in [-0.4, -0.2) is 0 Å². The fourth-order valence-corrected chi connectivity index (χ4v) is 5.73. The first-order chi connectivity index (χ1) is 18.6. The van der Waals surface area contributed by atoms with Crippen molar-refractivity contribution in [2.24, 2.45) is 10.8 Å². The lowest BCUT2D eigenvalue weighted by Gasteiger charge is -2.41. The average molecular weight is 543 g/mol. The van der Waals surface area contributed by atoms with E-state index in [0.717, 1.165) is 18.5 Å². The molecule has 2 heteroatoms. The van der Waals surface area contributed by atoms with Crippen LogP contribution >= 0.6 is 0 Å². The van der Waals surface area contributed by atoms with E-state index in [1.807, 2.05) is 13.8 Å². The molecule has 0 bridgehead atoms. The normalized spacial score (nSPS) is 14.2. The molecule has 2 aromatic rings. The summed E-state index contributed by atoms with van der Waals surface area (Å²) < 4.78 is 0. The van der Waals surface area contributed by atoms with E-state index < -0.39 is 0 Å². The zero-order valence-corrected chi connectivity index (χ0v) is 28.3. The van der Waals surface area contributed by atoms with Gasteiger partial charge in [0.2, 0.25) is 0 Å². The maximum Gasteiger partial charge on any atom is 0.0706 e. The second-order valence-corrected chi connectivity index (χ2v) is 13.5. The van der Waals surface area contributed by atoms with Gasteiger partial charge in [0, 0.05) is 11.1 Å². The van der Waals surface area contributed by atoms with Crippen LogP contribution in [0.25, 0.3) is 11.3 Å². The number of hydrogen-bond donors (Lipinski definition) is 1. The summed E-state index contributed by atoms with van der Waals surface area (Å²) in [5.41, 5.74) is 16.8. The van der Waals surface area contributed by atoms with E-state index >= 15 is 0 Å². The highest BCUT2D eigenvalue weighted by Gasteiger charge is 2.32. The minimum absolute atomic E-state index is 0.0464. The number of rotatable bonds is 8. The van der Waals surface area contributed by atoms with Crippen LogP contribution in [0.3, 0.4) is 0 Å². The molecule has 2 nitrogen and oxygen atoms in total. The van der Waals surface area contributed by atoms with Crippen molar-refractivity contribution < 1.29 is 0 Å². The van der Waals surface area contributed by atoms with Crippen molar-refractivity contribution in [3.05, 3.63) is 88.1 Å². The highest BCUT2D eigenvalue weighted by molar-refractivity contribution is 5.91. The minimum Gasteiger partial charge on any atom is -0.293 e. The van der Waals surface area contributed by atoms with Crippen molar-refractivity contribution in [1.29, 1.82) is 0 Å². The van der Waals surface area contributed by atoms with Crippen molar-refractivity contribution in [2.75, 3.05) is 5.01 Å². The average Bonchev–Trinajstić information content (AvgIpc) is 2.89. The zero-order chi connectivity index (χ0) is 30.6. The Bertz CT molecular complexity index is 1220. The summed E-state index contributed by atoms with van der Waals surface area (Å²) in [4.78, 5) is 0. The highest BCUT2D eigenvalue weighted by Crippen LogP contribution is 2.45. The van der Waals surface area contributed by atoms with Gasteiger partial charge in [-0.25, -0.2) is 0 Å². The van der Waals surface area contributed by atoms with Crippen molar-refractivity contribution in [3.8, 4) is 0 Å². The molecule has 220 valence electrons. The monoisotopic (exact) mass is 542 g/mol. The van der Waals surface area contributed by atoms with Crippen molar-refractivity contribution in [3.63, 3.8) is 0 Å². The highest BCUT2D eigenvalue weighted by atomic mass is 15.5. The molecule has 1 N–H and O–H groups in total. The Labute approximate surface area is 247 Å². The van der Waals surface area contributed by atoms with Gasteiger partial charge in [-0.2, -0.15) is 0 Å². The fourth-order valence-electron chi connectivity index (χ4n) is 5.73. The number of nitrogens with zero attached hydrogens (tertiary/aromatic N) is 1. The van der Waals surface area contributed by atoms with Crippen molar-refractivity contribution in [2.45, 2.75) is 122 Å². The molecule has 0 aromatic heterocycles. The molecule has 3 rings (SSSR count). The Kier molecular flexibility index (Phi) is 11.1. The summed E-state index contributed by atoms with van der Waals surface area (Å²) >= 11 is 0. The Hall–Kier alpha value is -2.74. The number of fused-ring (bicyclic) bond motifs is 1. The lowest BCUT2D eigenvalue weighted by molar-refractivity contribution is 0.411. The van der Waals surface area contributed by atoms with Crippen LogP contribution < -0.4 is 10.4 Å². The predicted octanol–water partition coefficient (Wildman–Crippen LogP) is 11.7. The summed E-state index contributed by atoms with van der Waals surface area (Å²) in [6.07, 6.45) is 4.40. The smallest absolute Gasteiger partial charge is 0.0706 e. The molecular formula is C38H58N2. The van der Waals surface area contributed by atoms with Gasteiger partial charge in [-0.1, -0.05) is 120 Å². The second-order valence-electron chi connectivity index (χ2n) is 13.5. The van der Waals surface area contributed by atoms with Crippen LogP contribution in [0.15, 0.2) is 60.3 Å². The standard InChI is InChI=1S/C36H52N2.C2H6/c1-14-31(36(12,13)15-2)34-25(7)30-21-27(22-35(9,10)11)19-20-32(30)38(37-34)26(8)33-28(23(3)4)17-16-18-29(33)24(5)6;1-2/h14,16-21,23-24,37H,8,15,22H2,1-7,9-13H3;1-2H3/b31-14+;. The maximum absolute atomic E-state index is 4.76. The van der Waals surface area contributed by atoms with E-state index in [-0.39, 0.29) is 10.8 Å². The molecule has 0 spiro atoms. The quantitative estimate of drug-likeness (QED) is 0.357. The fraction of sp³-hybridized carbons (Fsp3) is 0.526. The maximum atomic E-state index is 4.76. The Balaban J connectivity index is 0.00000274. The minimum atomic E-state index is 0.0464. The van der Waals surface area contributed by atoms with Crippen molar-refractivity contribution >= 4 is 17.0 Å². The summed E-state index contributed by atoms with van der Waals surface area (Å²) in [6.45, 7) is 36.3. The first kappa shape index (κ1) is 33.5. The molecule has 0 saturated carbocycles. The second kappa shape index (κ2) is 13.3. The molecule has 0 radical (unpaired) electrons. The van der Waals surface area contributed by atoms with Gasteiger partial charge >= 0.3 is 0 Å². The van der Waals surface area contributed by atoms with Gasteiger partial charge in [-0.05, 0) is 89.3 Å². The van der Waals surface area contributed by atoms with Crippen LogP contribution in [0, 0.1) is 10.8 Å². The van der Waals surface area contributed by atoms with E-state index in [1.165, 1.54) is 50.3 Å². The summed E-state index contributed by atoms with van der Waals surface area (Å²) in [5.74, 6) is 0.807. The molecule has 1 heterocycles. The first-order valence-corrected chi connectivity index (χ1v) is 15.5. The van der Waals surface area contributed by atoms with Gasteiger partial charge in [0.15, 0.2) is 0 Å². The first-order valence-electron chi connectivity index (χ1n) is 15.5. The topological polar surface area (TPSA) is 15.3 Å². The van der Waals surface area contributed by atoms with Crippen molar-refractivity contribution in [1.82, 2.24) is 5.43 Å². The van der Waals surface area contributed by atoms with Crippen LogP contribution in [-0.2, 0) is 6.42 Å². The van der Waals surface area contributed by atoms with Gasteiger partial charge < -0.3 is 0 Å². The lowest BCUT2D eigenvalue weighted by atomic mass is 9.77. The van der Waals surface area contributed by atoms with Gasteiger partial charge in [0.1, 0.15) is 0 Å². The molecule has 0 aliphatic carbocycles. The van der Waals surface area contributed by atoms with E-state index in [9.17, 15) is 0 Å². The largest absolute Gasteiger partial charge is 0.293 e. The number of allylic oxidation sites excluding steroid dienone is 3. The SMILES string of the molecule is C=C(c1c(C(C)C)cccc1C(C)C)N1NC(/C(=C\C)C(C)(C)CC)=C(C)c2cc(CC(C)(C)C)ccc21.CC. The Morgan fingerprint density at radius 1 is 0.950 bits per heavy atom. The van der Waals surface area contributed by atoms with Gasteiger partial charge in [0.25, 0.3) is 0 Å².